The number of hydrogen-bond acceptors (Lipinski definition) is 2. The number of nitrogens with two attached hydrogens (primary N) is 1. The van der Waals surface area contributed by atoms with E-state index < -0.39 is 0 Å². The fraction of sp³-hybridized carbons (Fsp3) is 0.167. The molecule has 3 nitrogen and oxygen atoms in total. The lowest BCUT2D eigenvalue weighted by atomic mass is 10.1. The number of rotatable bonds is 2. The zero-order valence-corrected chi connectivity index (χ0v) is 11.1. The predicted molar refractivity (Wildman–Crippen MR) is 73.9 cm³/mol. The van der Waals surface area contributed by atoms with Gasteiger partial charge in [-0.25, -0.2) is 4.98 Å². The van der Waals surface area contributed by atoms with Gasteiger partial charge in [-0.1, -0.05) is 23.8 Å². The van der Waals surface area contributed by atoms with Crippen LogP contribution in [0.2, 0.25) is 5.02 Å². The lowest BCUT2D eigenvalue weighted by Gasteiger charge is -2.11. The van der Waals surface area contributed by atoms with Crippen molar-refractivity contribution < 1.29 is 0 Å². The first-order valence-corrected chi connectivity index (χ1v) is 5.89. The quantitative estimate of drug-likeness (QED) is 0.850. The summed E-state index contributed by atoms with van der Waals surface area (Å²) in [6.45, 7) is 3.95. The van der Waals surface area contributed by atoms with E-state index in [2.05, 4.69) is 4.98 Å². The summed E-state index contributed by atoms with van der Waals surface area (Å²) in [6.07, 6.45) is 1.75. The van der Waals surface area contributed by atoms with Gasteiger partial charge in [0.05, 0.1) is 17.7 Å². The van der Waals surface area contributed by atoms with Crippen LogP contribution in [0.3, 0.4) is 0 Å². The van der Waals surface area contributed by atoms with Crippen LogP contribution in [0.15, 0.2) is 24.5 Å². The van der Waals surface area contributed by atoms with Crippen LogP contribution in [-0.4, -0.2) is 14.5 Å². The first kappa shape index (κ1) is 12.1. The zero-order valence-electron chi connectivity index (χ0n) is 9.57. The average Bonchev–Trinajstić information content (AvgIpc) is 2.59. The van der Waals surface area contributed by atoms with Crippen LogP contribution in [-0.2, 0) is 0 Å². The number of aromatic nitrogens is 2. The Kier molecular flexibility index (Phi) is 3.17. The molecule has 0 bridgehead atoms. The highest BCUT2D eigenvalue weighted by atomic mass is 35.5. The normalized spacial score (nSPS) is 10.5. The number of aryl methyl sites for hydroxylation is 1. The fourth-order valence-electron chi connectivity index (χ4n) is 1.65. The molecule has 2 rings (SSSR count). The maximum absolute atomic E-state index is 6.01. The highest BCUT2D eigenvalue weighted by molar-refractivity contribution is 7.80. The molecular weight excluding hydrogens is 254 g/mol. The number of benzene rings is 1. The molecule has 0 fully saturated rings. The minimum Gasteiger partial charge on any atom is -0.389 e. The van der Waals surface area contributed by atoms with Gasteiger partial charge in [0.2, 0.25) is 0 Å². The Morgan fingerprint density at radius 2 is 2.12 bits per heavy atom. The van der Waals surface area contributed by atoms with Crippen molar-refractivity contribution in [3.8, 4) is 5.69 Å². The molecule has 0 saturated carbocycles. The van der Waals surface area contributed by atoms with E-state index in [0.29, 0.717) is 10.0 Å². The zero-order chi connectivity index (χ0) is 12.6. The van der Waals surface area contributed by atoms with Crippen LogP contribution in [0.1, 0.15) is 17.0 Å². The molecular formula is C12H12ClN3S. The van der Waals surface area contributed by atoms with Gasteiger partial charge in [0, 0.05) is 16.3 Å². The van der Waals surface area contributed by atoms with E-state index in [9.17, 15) is 0 Å². The second kappa shape index (κ2) is 4.47. The maximum Gasteiger partial charge on any atom is 0.106 e. The second-order valence-corrected chi connectivity index (χ2v) is 4.69. The largest absolute Gasteiger partial charge is 0.389 e. The average molecular weight is 266 g/mol. The van der Waals surface area contributed by atoms with Gasteiger partial charge in [0.1, 0.15) is 4.99 Å². The Morgan fingerprint density at radius 3 is 2.65 bits per heavy atom. The van der Waals surface area contributed by atoms with Crippen molar-refractivity contribution in [2.75, 3.05) is 0 Å². The molecule has 0 aliphatic heterocycles. The predicted octanol–water partition coefficient (Wildman–Crippen LogP) is 2.78. The molecule has 17 heavy (non-hydrogen) atoms. The molecule has 0 atom stereocenters. The van der Waals surface area contributed by atoms with Gasteiger partial charge in [-0.05, 0) is 32.0 Å². The molecule has 0 saturated heterocycles. The van der Waals surface area contributed by atoms with E-state index in [1.54, 1.807) is 12.4 Å². The number of hydrogen-bond donors (Lipinski definition) is 1. The fourth-order valence-corrected chi connectivity index (χ4v) is 1.99. The molecule has 0 amide bonds. The SMILES string of the molecule is Cc1ncn(-c2cc(Cl)ccc2C(N)=S)c1C. The molecule has 88 valence electrons. The maximum atomic E-state index is 6.01. The topological polar surface area (TPSA) is 43.8 Å². The van der Waals surface area contributed by atoms with Gasteiger partial charge in [0.25, 0.3) is 0 Å². The van der Waals surface area contributed by atoms with Crippen molar-refractivity contribution in [1.82, 2.24) is 9.55 Å². The molecule has 0 aliphatic carbocycles. The Morgan fingerprint density at radius 1 is 1.41 bits per heavy atom. The van der Waals surface area contributed by atoms with Crippen molar-refractivity contribution >= 4 is 28.8 Å². The van der Waals surface area contributed by atoms with E-state index in [0.717, 1.165) is 22.6 Å². The van der Waals surface area contributed by atoms with Crippen LogP contribution in [0.4, 0.5) is 0 Å². The molecule has 0 aliphatic rings. The summed E-state index contributed by atoms with van der Waals surface area (Å²) < 4.78 is 1.94. The number of nitrogens with zero attached hydrogens (tertiary/aromatic N) is 2. The summed E-state index contributed by atoms with van der Waals surface area (Å²) in [6, 6.07) is 5.44. The van der Waals surface area contributed by atoms with Crippen molar-refractivity contribution in [3.63, 3.8) is 0 Å². The highest BCUT2D eigenvalue weighted by Crippen LogP contribution is 2.22. The third-order valence-corrected chi connectivity index (χ3v) is 3.19. The van der Waals surface area contributed by atoms with Gasteiger partial charge in [-0.3, -0.25) is 0 Å². The summed E-state index contributed by atoms with van der Waals surface area (Å²) >= 11 is 11.1. The van der Waals surface area contributed by atoms with Gasteiger partial charge < -0.3 is 10.3 Å². The number of halogens is 1. The monoisotopic (exact) mass is 265 g/mol. The standard InChI is InChI=1S/C12H12ClN3S/c1-7-8(2)16(6-15-7)11-5-9(13)3-4-10(11)12(14)17/h3-6H,1-2H3,(H2,14,17). The van der Waals surface area contributed by atoms with E-state index in [-0.39, 0.29) is 0 Å². The van der Waals surface area contributed by atoms with E-state index >= 15 is 0 Å². The lowest BCUT2D eigenvalue weighted by Crippen LogP contribution is -2.13. The van der Waals surface area contributed by atoms with Crippen LogP contribution >= 0.6 is 23.8 Å². The Balaban J connectivity index is 2.69. The molecule has 0 spiro atoms. The van der Waals surface area contributed by atoms with Gasteiger partial charge in [0.15, 0.2) is 0 Å². The number of imidazole rings is 1. The Hall–Kier alpha value is -1.39. The van der Waals surface area contributed by atoms with E-state index in [1.165, 1.54) is 0 Å². The smallest absolute Gasteiger partial charge is 0.106 e. The van der Waals surface area contributed by atoms with Gasteiger partial charge in [-0.15, -0.1) is 0 Å². The first-order valence-electron chi connectivity index (χ1n) is 5.11. The molecule has 0 radical (unpaired) electrons. The third-order valence-electron chi connectivity index (χ3n) is 2.74. The highest BCUT2D eigenvalue weighted by Gasteiger charge is 2.11. The van der Waals surface area contributed by atoms with Crippen LogP contribution in [0.5, 0.6) is 0 Å². The van der Waals surface area contributed by atoms with Gasteiger partial charge in [-0.2, -0.15) is 0 Å². The van der Waals surface area contributed by atoms with Crippen LogP contribution < -0.4 is 5.73 Å². The number of thiocarbonyl (C=S) groups is 1. The second-order valence-electron chi connectivity index (χ2n) is 3.81. The molecule has 2 aromatic rings. The summed E-state index contributed by atoms with van der Waals surface area (Å²) in [7, 11) is 0. The summed E-state index contributed by atoms with van der Waals surface area (Å²) in [5.74, 6) is 0. The van der Waals surface area contributed by atoms with E-state index in [1.807, 2.05) is 30.5 Å². The minimum atomic E-state index is 0.349. The van der Waals surface area contributed by atoms with Crippen LogP contribution in [0.25, 0.3) is 5.69 Å². The van der Waals surface area contributed by atoms with E-state index in [4.69, 9.17) is 29.6 Å². The Bertz CT molecular complexity index is 589. The molecule has 1 aromatic carbocycles. The molecule has 2 N–H and O–H groups in total. The van der Waals surface area contributed by atoms with Crippen molar-refractivity contribution in [2.45, 2.75) is 13.8 Å². The molecule has 5 heteroatoms. The lowest BCUT2D eigenvalue weighted by molar-refractivity contribution is 0.998. The van der Waals surface area contributed by atoms with Crippen LogP contribution in [0, 0.1) is 13.8 Å². The summed E-state index contributed by atoms with van der Waals surface area (Å²) in [5, 5.41) is 0.644. The minimum absolute atomic E-state index is 0.349. The first-order chi connectivity index (χ1) is 8.00. The summed E-state index contributed by atoms with van der Waals surface area (Å²) in [4.78, 5) is 4.61. The molecule has 1 aromatic heterocycles. The van der Waals surface area contributed by atoms with Crippen molar-refractivity contribution in [2.24, 2.45) is 5.73 Å². The Labute approximate surface area is 110 Å². The molecule has 1 heterocycles. The summed E-state index contributed by atoms with van der Waals surface area (Å²) in [5.41, 5.74) is 9.39. The van der Waals surface area contributed by atoms with Crippen molar-refractivity contribution in [1.29, 1.82) is 0 Å². The molecule has 0 unspecified atom stereocenters. The third kappa shape index (κ3) is 2.18. The van der Waals surface area contributed by atoms with Crippen molar-refractivity contribution in [3.05, 3.63) is 46.5 Å². The van der Waals surface area contributed by atoms with Gasteiger partial charge >= 0.3 is 0 Å².